The van der Waals surface area contributed by atoms with Gasteiger partial charge < -0.3 is 28.4 Å². The van der Waals surface area contributed by atoms with Crippen molar-refractivity contribution in [3.63, 3.8) is 0 Å². The van der Waals surface area contributed by atoms with Crippen LogP contribution in [0.4, 0.5) is 0 Å². The molecular formula is C17H24N6O9. The lowest BCUT2D eigenvalue weighted by molar-refractivity contribution is -0.344. The first-order chi connectivity index (χ1) is 15.2. The van der Waals surface area contributed by atoms with Crippen LogP contribution in [0.1, 0.15) is 33.6 Å². The second kappa shape index (κ2) is 11.5. The Morgan fingerprint density at radius 1 is 1.06 bits per heavy atom. The number of carbonyl (C=O) groups is 3. The summed E-state index contributed by atoms with van der Waals surface area (Å²) >= 11 is 0. The molecule has 0 aromatic heterocycles. The Hall–Kier alpha value is -3.09. The van der Waals surface area contributed by atoms with E-state index in [2.05, 4.69) is 20.1 Å². The molecule has 15 nitrogen and oxygen atoms in total. The number of carbonyl (C=O) groups excluding carboxylic acids is 3. The molecule has 0 spiro atoms. The number of nitrogens with zero attached hydrogens (tertiary/aromatic N) is 6. The number of azide groups is 2. The van der Waals surface area contributed by atoms with E-state index in [0.29, 0.717) is 19.4 Å². The predicted octanol–water partition coefficient (Wildman–Crippen LogP) is 1.65. The van der Waals surface area contributed by atoms with Crippen LogP contribution >= 0.6 is 0 Å². The molecule has 0 amide bonds. The molecule has 15 heteroatoms. The van der Waals surface area contributed by atoms with E-state index in [-0.39, 0.29) is 13.2 Å². The molecule has 32 heavy (non-hydrogen) atoms. The molecule has 0 aromatic carbocycles. The smallest absolute Gasteiger partial charge is 0.303 e. The summed E-state index contributed by atoms with van der Waals surface area (Å²) in [5.41, 5.74) is 17.8. The predicted molar refractivity (Wildman–Crippen MR) is 102 cm³/mol. The topological polar surface area (TPSA) is 204 Å². The van der Waals surface area contributed by atoms with Crippen LogP contribution in [0.5, 0.6) is 0 Å². The Morgan fingerprint density at radius 2 is 1.75 bits per heavy atom. The number of rotatable bonds is 9. The summed E-state index contributed by atoms with van der Waals surface area (Å²) in [6.45, 7) is 3.20. The van der Waals surface area contributed by atoms with Crippen LogP contribution in [-0.2, 0) is 42.8 Å². The summed E-state index contributed by atoms with van der Waals surface area (Å²) in [5, 5.41) is 7.08. The first-order valence-electron chi connectivity index (χ1n) is 9.71. The maximum Gasteiger partial charge on any atom is 0.303 e. The first kappa shape index (κ1) is 25.2. The minimum absolute atomic E-state index is 0.266. The number of hydrogen-bond donors (Lipinski definition) is 0. The minimum atomic E-state index is -1.41. The molecule has 0 aliphatic carbocycles. The van der Waals surface area contributed by atoms with E-state index in [1.165, 1.54) is 6.92 Å². The standard InChI is InChI=1S/C17H24N6O9/c1-9(24)27-8-17(5-4-6-28-17)32-16-13(21-23-19)15(30-11(3)26)14(29-10(2)25)12(31-16)7-20-22-18/h12-16H,4-8H2,1-3H3/t12-,13+,14+,15+,16+,17?/m0/s1. The quantitative estimate of drug-likeness (QED) is 0.162. The van der Waals surface area contributed by atoms with Gasteiger partial charge in [0.1, 0.15) is 18.8 Å². The van der Waals surface area contributed by atoms with Gasteiger partial charge in [-0.15, -0.1) is 0 Å². The normalized spacial score (nSPS) is 31.5. The molecule has 0 bridgehead atoms. The van der Waals surface area contributed by atoms with E-state index in [9.17, 15) is 14.4 Å². The Morgan fingerprint density at radius 3 is 2.28 bits per heavy atom. The zero-order valence-electron chi connectivity index (χ0n) is 17.8. The molecule has 2 saturated heterocycles. The van der Waals surface area contributed by atoms with Crippen molar-refractivity contribution < 1.29 is 42.8 Å². The average molecular weight is 456 g/mol. The molecule has 0 saturated carbocycles. The Bertz CT molecular complexity index is 804. The summed E-state index contributed by atoms with van der Waals surface area (Å²) in [4.78, 5) is 40.2. The highest BCUT2D eigenvalue weighted by Crippen LogP contribution is 2.36. The highest BCUT2D eigenvalue weighted by Gasteiger charge is 2.53. The maximum atomic E-state index is 11.8. The molecule has 1 unspecified atom stereocenters. The maximum absolute atomic E-state index is 11.8. The third-order valence-corrected chi connectivity index (χ3v) is 4.62. The SMILES string of the molecule is CC(=O)OCC1(O[C@H]2O[C@@H](CN=[N+]=[N-])[C@@H](OC(C)=O)[C@H](OC(C)=O)[C@H]2N=[N+]=[N-])CCCO1. The zero-order valence-corrected chi connectivity index (χ0v) is 17.8. The molecule has 2 fully saturated rings. The lowest BCUT2D eigenvalue weighted by Crippen LogP contribution is -2.62. The Labute approximate surface area is 182 Å². The highest BCUT2D eigenvalue weighted by molar-refractivity contribution is 5.67. The van der Waals surface area contributed by atoms with Crippen LogP contribution in [0.25, 0.3) is 20.9 Å². The molecule has 6 atom stereocenters. The summed E-state index contributed by atoms with van der Waals surface area (Å²) < 4.78 is 33.1. The van der Waals surface area contributed by atoms with Gasteiger partial charge in [0.15, 0.2) is 18.5 Å². The molecule has 2 heterocycles. The summed E-state index contributed by atoms with van der Waals surface area (Å²) in [6.07, 6.45) is -4.15. The third kappa shape index (κ3) is 6.70. The van der Waals surface area contributed by atoms with Gasteiger partial charge in [-0.05, 0) is 17.5 Å². The van der Waals surface area contributed by atoms with Crippen LogP contribution < -0.4 is 0 Å². The highest BCUT2D eigenvalue weighted by atomic mass is 16.8. The summed E-state index contributed by atoms with van der Waals surface area (Å²) in [6, 6.07) is -1.31. The van der Waals surface area contributed by atoms with Gasteiger partial charge in [0.2, 0.25) is 5.79 Å². The summed E-state index contributed by atoms with van der Waals surface area (Å²) in [7, 11) is 0. The second-order valence-corrected chi connectivity index (χ2v) is 7.06. The fraction of sp³-hybridized carbons (Fsp3) is 0.824. The number of esters is 3. The molecule has 2 rings (SSSR count). The van der Waals surface area contributed by atoms with Gasteiger partial charge >= 0.3 is 17.9 Å². The summed E-state index contributed by atoms with van der Waals surface area (Å²) in [5.74, 6) is -3.45. The average Bonchev–Trinajstić information content (AvgIpc) is 3.17. The van der Waals surface area contributed by atoms with Crippen molar-refractivity contribution in [1.82, 2.24) is 0 Å². The Kier molecular flexibility index (Phi) is 9.05. The molecular weight excluding hydrogens is 432 g/mol. The minimum Gasteiger partial charge on any atom is -0.460 e. The van der Waals surface area contributed by atoms with Gasteiger partial charge in [-0.1, -0.05) is 10.2 Å². The van der Waals surface area contributed by atoms with Gasteiger partial charge in [-0.2, -0.15) is 0 Å². The molecule has 0 aromatic rings. The van der Waals surface area contributed by atoms with E-state index in [0.717, 1.165) is 13.8 Å². The van der Waals surface area contributed by atoms with Crippen LogP contribution in [0.15, 0.2) is 10.2 Å². The van der Waals surface area contributed by atoms with Crippen molar-refractivity contribution in [1.29, 1.82) is 0 Å². The van der Waals surface area contributed by atoms with E-state index < -0.39 is 54.3 Å². The Balaban J connectivity index is 2.43. The van der Waals surface area contributed by atoms with Gasteiger partial charge in [-0.25, -0.2) is 0 Å². The van der Waals surface area contributed by atoms with Crippen LogP contribution in [0, 0.1) is 0 Å². The zero-order chi connectivity index (χ0) is 23.7. The number of hydrogen-bond acceptors (Lipinski definition) is 11. The van der Waals surface area contributed by atoms with E-state index >= 15 is 0 Å². The molecule has 176 valence electrons. The van der Waals surface area contributed by atoms with E-state index in [1.807, 2.05) is 0 Å². The van der Waals surface area contributed by atoms with Gasteiger partial charge in [-0.3, -0.25) is 14.4 Å². The van der Waals surface area contributed by atoms with Gasteiger partial charge in [0, 0.05) is 37.0 Å². The van der Waals surface area contributed by atoms with Crippen molar-refractivity contribution in [2.75, 3.05) is 19.8 Å². The van der Waals surface area contributed by atoms with Crippen molar-refractivity contribution in [2.45, 2.75) is 70.0 Å². The molecule has 0 N–H and O–H groups in total. The van der Waals surface area contributed by atoms with Crippen LogP contribution in [0.3, 0.4) is 0 Å². The molecule has 0 radical (unpaired) electrons. The van der Waals surface area contributed by atoms with Crippen molar-refractivity contribution >= 4 is 17.9 Å². The second-order valence-electron chi connectivity index (χ2n) is 7.06. The number of ether oxygens (including phenoxy) is 6. The van der Waals surface area contributed by atoms with Gasteiger partial charge in [0.25, 0.3) is 0 Å². The van der Waals surface area contributed by atoms with Gasteiger partial charge in [0.05, 0.1) is 13.2 Å². The lowest BCUT2D eigenvalue weighted by Gasteiger charge is -2.45. The fourth-order valence-corrected chi connectivity index (χ4v) is 3.43. The molecule has 2 aliphatic heterocycles. The van der Waals surface area contributed by atoms with Crippen LogP contribution in [-0.4, -0.2) is 74.1 Å². The van der Waals surface area contributed by atoms with Crippen LogP contribution in [0.2, 0.25) is 0 Å². The van der Waals surface area contributed by atoms with E-state index in [4.69, 9.17) is 39.5 Å². The fourth-order valence-electron chi connectivity index (χ4n) is 3.43. The van der Waals surface area contributed by atoms with Crippen molar-refractivity contribution in [2.24, 2.45) is 10.2 Å². The van der Waals surface area contributed by atoms with Crippen molar-refractivity contribution in [3.8, 4) is 0 Å². The van der Waals surface area contributed by atoms with Crippen molar-refractivity contribution in [3.05, 3.63) is 20.9 Å². The monoisotopic (exact) mass is 456 g/mol. The first-order valence-corrected chi connectivity index (χ1v) is 9.71. The van der Waals surface area contributed by atoms with E-state index in [1.54, 1.807) is 0 Å². The largest absolute Gasteiger partial charge is 0.460 e. The third-order valence-electron chi connectivity index (χ3n) is 4.62. The molecule has 2 aliphatic rings. The lowest BCUT2D eigenvalue weighted by atomic mass is 9.96.